The number of furan rings is 1. The van der Waals surface area contributed by atoms with E-state index in [9.17, 15) is 4.79 Å². The second-order valence-electron chi connectivity index (χ2n) is 5.78. The van der Waals surface area contributed by atoms with Crippen molar-refractivity contribution in [3.05, 3.63) is 28.6 Å². The Bertz CT molecular complexity index is 1200. The highest BCUT2D eigenvalue weighted by Crippen LogP contribution is 2.31. The lowest BCUT2D eigenvalue weighted by Crippen LogP contribution is -2.07. The normalized spacial score (nSPS) is 11.4. The van der Waals surface area contributed by atoms with Crippen molar-refractivity contribution in [2.24, 2.45) is 0 Å². The van der Waals surface area contributed by atoms with Crippen LogP contribution >= 0.6 is 23.1 Å². The molecule has 0 aromatic carbocycles. The summed E-state index contributed by atoms with van der Waals surface area (Å²) in [5, 5.41) is 3.65. The van der Waals surface area contributed by atoms with Gasteiger partial charge in [0.15, 0.2) is 5.16 Å². The van der Waals surface area contributed by atoms with E-state index in [0.29, 0.717) is 33.7 Å². The number of thioether (sulfide) groups is 1. The molecule has 0 amide bonds. The molecule has 144 valence electrons. The molecular formula is C17H16N6O3S2. The Kier molecular flexibility index (Phi) is 4.77. The number of hydrogen-bond acceptors (Lipinski definition) is 11. The number of nitrogen functional groups attached to an aromatic ring is 2. The van der Waals surface area contributed by atoms with E-state index in [-0.39, 0.29) is 23.7 Å². The van der Waals surface area contributed by atoms with Crippen molar-refractivity contribution in [2.45, 2.75) is 24.8 Å². The number of fused-ring (bicyclic) bond motifs is 2. The minimum atomic E-state index is -0.510. The van der Waals surface area contributed by atoms with Gasteiger partial charge >= 0.3 is 5.97 Å². The molecule has 0 bridgehead atoms. The molecule has 0 aliphatic carbocycles. The third-order valence-electron chi connectivity index (χ3n) is 3.95. The maximum Gasteiger partial charge on any atom is 0.342 e. The average Bonchev–Trinajstić information content (AvgIpc) is 3.24. The van der Waals surface area contributed by atoms with Crippen LogP contribution in [0.3, 0.4) is 0 Å². The molecule has 0 unspecified atom stereocenters. The van der Waals surface area contributed by atoms with E-state index < -0.39 is 5.97 Å². The fraction of sp³-hybridized carbons (Fsp3) is 0.235. The third-order valence-corrected chi connectivity index (χ3v) is 5.60. The number of anilines is 2. The lowest BCUT2D eigenvalue weighted by Gasteiger charge is -2.04. The summed E-state index contributed by atoms with van der Waals surface area (Å²) in [5.41, 5.74) is 12.6. The van der Waals surface area contributed by atoms with Gasteiger partial charge in [0.1, 0.15) is 33.6 Å². The highest BCUT2D eigenvalue weighted by Gasteiger charge is 2.24. The van der Waals surface area contributed by atoms with Gasteiger partial charge < -0.3 is 20.6 Å². The summed E-state index contributed by atoms with van der Waals surface area (Å²) in [5.74, 6) is 1.28. The van der Waals surface area contributed by atoms with Crippen molar-refractivity contribution in [1.82, 2.24) is 19.9 Å². The Morgan fingerprint density at radius 3 is 2.86 bits per heavy atom. The van der Waals surface area contributed by atoms with Crippen LogP contribution in [0.2, 0.25) is 0 Å². The predicted molar refractivity (Wildman–Crippen MR) is 108 cm³/mol. The first-order valence-corrected chi connectivity index (χ1v) is 10.2. The van der Waals surface area contributed by atoms with Gasteiger partial charge in [0, 0.05) is 0 Å². The van der Waals surface area contributed by atoms with Crippen molar-refractivity contribution in [3.8, 4) is 0 Å². The van der Waals surface area contributed by atoms with Crippen LogP contribution in [0.15, 0.2) is 21.0 Å². The van der Waals surface area contributed by atoms with Gasteiger partial charge in [-0.2, -0.15) is 4.98 Å². The summed E-state index contributed by atoms with van der Waals surface area (Å²) < 4.78 is 10.7. The van der Waals surface area contributed by atoms with Crippen LogP contribution in [0.4, 0.5) is 11.6 Å². The molecule has 4 heterocycles. The predicted octanol–water partition coefficient (Wildman–Crippen LogP) is 3.17. The molecule has 11 heteroatoms. The number of carbonyl (C=O) groups excluding carboxylic acids is 1. The zero-order valence-electron chi connectivity index (χ0n) is 15.1. The van der Waals surface area contributed by atoms with Crippen molar-refractivity contribution in [3.63, 3.8) is 0 Å². The average molecular weight is 416 g/mol. The fourth-order valence-electron chi connectivity index (χ4n) is 2.75. The molecule has 4 aromatic heterocycles. The summed E-state index contributed by atoms with van der Waals surface area (Å²) in [4.78, 5) is 30.5. The van der Waals surface area contributed by atoms with Crippen molar-refractivity contribution >= 4 is 62.0 Å². The molecule has 0 aliphatic rings. The largest absolute Gasteiger partial charge is 0.462 e. The minimum absolute atomic E-state index is 0.162. The highest BCUT2D eigenvalue weighted by atomic mass is 32.2. The molecule has 0 spiro atoms. The lowest BCUT2D eigenvalue weighted by molar-refractivity contribution is 0.0526. The topological polar surface area (TPSA) is 143 Å². The molecule has 0 saturated carbocycles. The van der Waals surface area contributed by atoms with Crippen LogP contribution in [-0.4, -0.2) is 32.5 Å². The van der Waals surface area contributed by atoms with E-state index in [1.807, 2.05) is 11.4 Å². The van der Waals surface area contributed by atoms with Gasteiger partial charge in [-0.15, -0.1) is 11.3 Å². The van der Waals surface area contributed by atoms with Gasteiger partial charge in [0.2, 0.25) is 5.71 Å². The number of aryl methyl sites for hydroxylation is 1. The Morgan fingerprint density at radius 1 is 1.25 bits per heavy atom. The third kappa shape index (κ3) is 3.22. The number of nitrogens with zero attached hydrogens (tertiary/aromatic N) is 4. The molecule has 9 nitrogen and oxygen atoms in total. The maximum absolute atomic E-state index is 12.2. The van der Waals surface area contributed by atoms with Crippen molar-refractivity contribution in [1.29, 1.82) is 0 Å². The van der Waals surface area contributed by atoms with E-state index in [1.54, 1.807) is 13.8 Å². The van der Waals surface area contributed by atoms with Gasteiger partial charge in [-0.3, -0.25) is 0 Å². The summed E-state index contributed by atoms with van der Waals surface area (Å²) in [6.07, 6.45) is 0. The smallest absolute Gasteiger partial charge is 0.342 e. The first-order chi connectivity index (χ1) is 13.5. The summed E-state index contributed by atoms with van der Waals surface area (Å²) in [7, 11) is 0. The van der Waals surface area contributed by atoms with Crippen LogP contribution in [0, 0.1) is 6.92 Å². The van der Waals surface area contributed by atoms with E-state index in [4.69, 9.17) is 20.6 Å². The number of carbonyl (C=O) groups is 1. The van der Waals surface area contributed by atoms with E-state index in [2.05, 4.69) is 19.9 Å². The van der Waals surface area contributed by atoms with E-state index in [1.165, 1.54) is 23.1 Å². The number of nitrogens with two attached hydrogens (primary N) is 2. The lowest BCUT2D eigenvalue weighted by atomic mass is 10.2. The Labute approximate surface area is 167 Å². The van der Waals surface area contributed by atoms with Crippen LogP contribution in [0.1, 0.15) is 28.9 Å². The van der Waals surface area contributed by atoms with Gasteiger partial charge in [-0.1, -0.05) is 11.8 Å². The van der Waals surface area contributed by atoms with Crippen molar-refractivity contribution < 1.29 is 13.9 Å². The SMILES string of the molecule is CCOC(=O)c1c(C)oc2nc(CSc3nc(N)c4ccsc4n3)nc(N)c12. The molecule has 4 rings (SSSR count). The van der Waals surface area contributed by atoms with Crippen LogP contribution in [0.25, 0.3) is 21.3 Å². The van der Waals surface area contributed by atoms with Crippen LogP contribution < -0.4 is 11.5 Å². The first-order valence-electron chi connectivity index (χ1n) is 8.34. The molecule has 28 heavy (non-hydrogen) atoms. The van der Waals surface area contributed by atoms with Gasteiger partial charge in [-0.05, 0) is 25.3 Å². The van der Waals surface area contributed by atoms with Crippen molar-refractivity contribution in [2.75, 3.05) is 18.1 Å². The quantitative estimate of drug-likeness (QED) is 0.283. The summed E-state index contributed by atoms with van der Waals surface area (Å²) in [6, 6.07) is 1.89. The number of hydrogen-bond donors (Lipinski definition) is 2. The summed E-state index contributed by atoms with van der Waals surface area (Å²) >= 11 is 2.84. The molecule has 0 aliphatic heterocycles. The fourth-order valence-corrected chi connectivity index (χ4v) is 4.28. The number of thiophene rings is 1. The second-order valence-corrected chi connectivity index (χ2v) is 7.62. The van der Waals surface area contributed by atoms with Crippen LogP contribution in [-0.2, 0) is 10.5 Å². The molecule has 0 atom stereocenters. The zero-order chi connectivity index (χ0) is 19.8. The summed E-state index contributed by atoms with van der Waals surface area (Å²) in [6.45, 7) is 3.64. The van der Waals surface area contributed by atoms with E-state index >= 15 is 0 Å². The Hall–Kier alpha value is -2.92. The maximum atomic E-state index is 12.2. The molecule has 4 N–H and O–H groups in total. The Balaban J connectivity index is 1.63. The zero-order valence-corrected chi connectivity index (χ0v) is 16.7. The van der Waals surface area contributed by atoms with Gasteiger partial charge in [0.05, 0.1) is 23.1 Å². The van der Waals surface area contributed by atoms with Gasteiger partial charge in [-0.25, -0.2) is 19.7 Å². The molecule has 0 saturated heterocycles. The standard InChI is InChI=1S/C17H16N6O3S2/c1-3-25-16(24)10-7(2)26-14-11(10)13(19)20-9(21-14)6-28-17-22-12(18)8-4-5-27-15(8)23-17/h4-5H,3,6H2,1-2H3,(H2,18,22,23)(H2,19,20,21). The first kappa shape index (κ1) is 18.4. The number of aromatic nitrogens is 4. The monoisotopic (exact) mass is 416 g/mol. The molecule has 4 aromatic rings. The highest BCUT2D eigenvalue weighted by molar-refractivity contribution is 7.98. The minimum Gasteiger partial charge on any atom is -0.462 e. The number of esters is 1. The molecule has 0 radical (unpaired) electrons. The Morgan fingerprint density at radius 2 is 2.07 bits per heavy atom. The van der Waals surface area contributed by atoms with Crippen LogP contribution in [0.5, 0.6) is 0 Å². The number of rotatable bonds is 5. The molecular weight excluding hydrogens is 400 g/mol. The van der Waals surface area contributed by atoms with Gasteiger partial charge in [0.25, 0.3) is 0 Å². The second kappa shape index (κ2) is 7.24. The van der Waals surface area contributed by atoms with E-state index in [0.717, 1.165) is 10.2 Å². The molecule has 0 fully saturated rings. The number of ether oxygens (including phenoxy) is 1.